The van der Waals surface area contributed by atoms with Gasteiger partial charge in [0.25, 0.3) is 0 Å². The molecule has 0 saturated carbocycles. The van der Waals surface area contributed by atoms with Gasteiger partial charge in [0, 0.05) is 0 Å². The first kappa shape index (κ1) is 19.3. The van der Waals surface area contributed by atoms with Crippen molar-refractivity contribution >= 4 is 64.5 Å². The van der Waals surface area contributed by atoms with E-state index in [1.54, 1.807) is 23.6 Å². The third-order valence-corrected chi connectivity index (χ3v) is 15.3. The fourth-order valence-corrected chi connectivity index (χ4v) is 13.8. The van der Waals surface area contributed by atoms with Crippen LogP contribution in [0.5, 0.6) is 0 Å². The summed E-state index contributed by atoms with van der Waals surface area (Å²) >= 11 is -0.804. The van der Waals surface area contributed by atoms with Gasteiger partial charge in [0.2, 0.25) is 0 Å². The minimum atomic E-state index is -0.402. The maximum atomic E-state index is 11.7. The van der Waals surface area contributed by atoms with Crippen LogP contribution in [0.15, 0.2) is 48.5 Å². The molecule has 0 aliphatic carbocycles. The molecular formula is C18H20N2O2Te2. The minimum absolute atomic E-state index is 0.0484. The average molecular weight is 552 g/mol. The fraction of sp³-hybridized carbons (Fsp3) is 0.222. The van der Waals surface area contributed by atoms with Crippen molar-refractivity contribution in [1.29, 1.82) is 0 Å². The molecular weight excluding hydrogens is 531 g/mol. The van der Waals surface area contributed by atoms with Crippen LogP contribution in [0.2, 0.25) is 0 Å². The van der Waals surface area contributed by atoms with Gasteiger partial charge in [-0.3, -0.25) is 0 Å². The number of rotatable bonds is 5. The second-order valence-electron chi connectivity index (χ2n) is 5.26. The first-order valence-corrected chi connectivity index (χ1v) is 17.1. The van der Waals surface area contributed by atoms with Crippen LogP contribution in [0.25, 0.3) is 0 Å². The van der Waals surface area contributed by atoms with E-state index in [1.807, 2.05) is 50.5 Å². The zero-order valence-electron chi connectivity index (χ0n) is 14.1. The van der Waals surface area contributed by atoms with E-state index in [0.29, 0.717) is 0 Å². The molecule has 126 valence electrons. The molecule has 0 aromatic heterocycles. The van der Waals surface area contributed by atoms with Gasteiger partial charge in [-0.1, -0.05) is 0 Å². The van der Waals surface area contributed by atoms with E-state index in [9.17, 15) is 9.59 Å². The number of benzene rings is 2. The third-order valence-electron chi connectivity index (χ3n) is 3.62. The summed E-state index contributed by atoms with van der Waals surface area (Å²) in [5.74, 6) is 0.0967. The van der Waals surface area contributed by atoms with Gasteiger partial charge >= 0.3 is 160 Å². The predicted octanol–water partition coefficient (Wildman–Crippen LogP) is 0.926. The van der Waals surface area contributed by atoms with Gasteiger partial charge in [-0.15, -0.1) is 0 Å². The standard InChI is InChI=1S/C18H20N2O2Te2/c1-13(21)19(3)15-9-5-7-11-17(15)23-24-18-12-8-6-10-16(18)20(4)14(2)22/h5-12H,1-4H3. The molecule has 0 fully saturated rings. The second-order valence-corrected chi connectivity index (χ2v) is 15.1. The molecule has 6 heteroatoms. The van der Waals surface area contributed by atoms with Crippen molar-refractivity contribution in [3.05, 3.63) is 48.5 Å². The zero-order valence-corrected chi connectivity index (χ0v) is 18.8. The normalized spacial score (nSPS) is 10.3. The van der Waals surface area contributed by atoms with E-state index in [-0.39, 0.29) is 11.8 Å². The summed E-state index contributed by atoms with van der Waals surface area (Å²) in [5, 5.41) is 0. The Kier molecular flexibility index (Phi) is 7.14. The molecule has 0 aliphatic heterocycles. The summed E-state index contributed by atoms with van der Waals surface area (Å²) in [6, 6.07) is 16.3. The van der Waals surface area contributed by atoms with E-state index in [1.165, 1.54) is 7.22 Å². The van der Waals surface area contributed by atoms with E-state index in [2.05, 4.69) is 12.1 Å². The van der Waals surface area contributed by atoms with Crippen LogP contribution in [0, 0.1) is 0 Å². The molecule has 2 rings (SSSR count). The summed E-state index contributed by atoms with van der Waals surface area (Å²) in [6.07, 6.45) is 0. The number of carbonyl (C=O) groups is 2. The van der Waals surface area contributed by atoms with E-state index >= 15 is 0 Å². The van der Waals surface area contributed by atoms with Crippen LogP contribution in [0.4, 0.5) is 11.4 Å². The molecule has 2 amide bonds. The van der Waals surface area contributed by atoms with Gasteiger partial charge in [0.15, 0.2) is 0 Å². The zero-order chi connectivity index (χ0) is 17.7. The Morgan fingerprint density at radius 1 is 0.708 bits per heavy atom. The van der Waals surface area contributed by atoms with Gasteiger partial charge in [-0.05, 0) is 0 Å². The van der Waals surface area contributed by atoms with Crippen molar-refractivity contribution in [2.75, 3.05) is 23.9 Å². The Morgan fingerprint density at radius 3 is 1.38 bits per heavy atom. The number of carbonyl (C=O) groups excluding carboxylic acids is 2. The Balaban J connectivity index is 2.24. The molecule has 24 heavy (non-hydrogen) atoms. The second kappa shape index (κ2) is 8.88. The molecule has 2 aromatic rings. The molecule has 0 spiro atoms. The maximum absolute atomic E-state index is 11.7. The molecule has 0 atom stereocenters. The molecule has 0 unspecified atom stereocenters. The van der Waals surface area contributed by atoms with E-state index in [0.717, 1.165) is 11.4 Å². The van der Waals surface area contributed by atoms with Crippen LogP contribution < -0.4 is 17.0 Å². The third kappa shape index (κ3) is 4.74. The first-order valence-electron chi connectivity index (χ1n) is 7.43. The monoisotopic (exact) mass is 556 g/mol. The average Bonchev–Trinajstić information content (AvgIpc) is 2.59. The molecule has 0 radical (unpaired) electrons. The summed E-state index contributed by atoms with van der Waals surface area (Å²) < 4.78 is 2.62. The molecule has 0 saturated heterocycles. The van der Waals surface area contributed by atoms with Gasteiger partial charge in [0.05, 0.1) is 0 Å². The van der Waals surface area contributed by atoms with Crippen LogP contribution in [-0.2, 0) is 9.59 Å². The first-order chi connectivity index (χ1) is 11.4. The Morgan fingerprint density at radius 2 is 1.04 bits per heavy atom. The van der Waals surface area contributed by atoms with Crippen molar-refractivity contribution in [2.45, 2.75) is 13.8 Å². The summed E-state index contributed by atoms with van der Waals surface area (Å²) in [7, 11) is 3.65. The summed E-state index contributed by atoms with van der Waals surface area (Å²) in [6.45, 7) is 3.18. The van der Waals surface area contributed by atoms with Gasteiger partial charge in [-0.25, -0.2) is 0 Å². The molecule has 4 nitrogen and oxygen atoms in total. The topological polar surface area (TPSA) is 40.6 Å². The van der Waals surface area contributed by atoms with Crippen LogP contribution in [0.3, 0.4) is 0 Å². The van der Waals surface area contributed by atoms with Crippen molar-refractivity contribution in [1.82, 2.24) is 0 Å². The number of nitrogens with zero attached hydrogens (tertiary/aromatic N) is 2. The molecule has 0 aliphatic rings. The number of amides is 2. The van der Waals surface area contributed by atoms with Crippen molar-refractivity contribution in [3.8, 4) is 0 Å². The number of para-hydroxylation sites is 2. The van der Waals surface area contributed by atoms with Crippen LogP contribution in [0.1, 0.15) is 13.8 Å². The molecule has 0 bridgehead atoms. The molecule has 2 aromatic carbocycles. The predicted molar refractivity (Wildman–Crippen MR) is 102 cm³/mol. The summed E-state index contributed by atoms with van der Waals surface area (Å²) in [5.41, 5.74) is 2.05. The Hall–Kier alpha value is -1.04. The van der Waals surface area contributed by atoms with Gasteiger partial charge < -0.3 is 0 Å². The number of anilines is 2. The fourth-order valence-electron chi connectivity index (χ4n) is 2.04. The van der Waals surface area contributed by atoms with Crippen LogP contribution in [-0.4, -0.2) is 60.0 Å². The van der Waals surface area contributed by atoms with Gasteiger partial charge in [0.1, 0.15) is 0 Å². The summed E-state index contributed by atoms with van der Waals surface area (Å²) in [4.78, 5) is 26.8. The van der Waals surface area contributed by atoms with Crippen molar-refractivity contribution in [3.63, 3.8) is 0 Å². The van der Waals surface area contributed by atoms with Crippen molar-refractivity contribution in [2.24, 2.45) is 0 Å². The Bertz CT molecular complexity index is 686. The SMILES string of the molecule is CC(=O)N(C)c1ccccc1[Te][Te]c1ccccc1N(C)C(C)=O. The number of hydrogen-bond acceptors (Lipinski definition) is 2. The van der Waals surface area contributed by atoms with Crippen LogP contribution >= 0.6 is 0 Å². The van der Waals surface area contributed by atoms with Gasteiger partial charge in [-0.2, -0.15) is 0 Å². The van der Waals surface area contributed by atoms with Crippen molar-refractivity contribution < 1.29 is 9.59 Å². The quantitative estimate of drug-likeness (QED) is 0.519. The number of hydrogen-bond donors (Lipinski definition) is 0. The van der Waals surface area contributed by atoms with E-state index in [4.69, 9.17) is 0 Å². The van der Waals surface area contributed by atoms with E-state index < -0.39 is 34.1 Å². The molecule has 0 N–H and O–H groups in total. The Labute approximate surface area is 159 Å². The molecule has 0 heterocycles.